The van der Waals surface area contributed by atoms with Crippen LogP contribution in [-0.4, -0.2) is 64.5 Å². The second-order valence-corrected chi connectivity index (χ2v) is 11.3. The highest BCUT2D eigenvalue weighted by Crippen LogP contribution is 2.44. The van der Waals surface area contributed by atoms with Crippen molar-refractivity contribution in [2.75, 3.05) is 32.6 Å². The summed E-state index contributed by atoms with van der Waals surface area (Å²) in [7, 11) is 5.39. The van der Waals surface area contributed by atoms with E-state index in [1.165, 1.54) is 41.6 Å². The van der Waals surface area contributed by atoms with Crippen LogP contribution in [0.25, 0.3) is 0 Å². The molecule has 2 N–H and O–H groups in total. The minimum atomic E-state index is -4.61. The fraction of sp³-hybridized carbons (Fsp3) is 0.367. The second kappa shape index (κ2) is 12.4. The van der Waals surface area contributed by atoms with Crippen LogP contribution in [0.4, 0.5) is 24.8 Å². The van der Waals surface area contributed by atoms with Gasteiger partial charge in [0, 0.05) is 22.9 Å². The number of anilines is 2. The number of nitrogens with one attached hydrogen (secondary N) is 1. The number of halogens is 3. The first kappa shape index (κ1) is 32.0. The van der Waals surface area contributed by atoms with Crippen LogP contribution < -0.4 is 10.6 Å². The van der Waals surface area contributed by atoms with Crippen molar-refractivity contribution in [1.82, 2.24) is 14.8 Å². The molecule has 1 atom stereocenters. The van der Waals surface area contributed by atoms with Crippen LogP contribution in [0.15, 0.2) is 58.5 Å². The van der Waals surface area contributed by atoms with Gasteiger partial charge in [-0.15, -0.1) is 5.10 Å². The van der Waals surface area contributed by atoms with Gasteiger partial charge in [-0.1, -0.05) is 12.1 Å². The van der Waals surface area contributed by atoms with Crippen LogP contribution in [0, 0.1) is 17.2 Å². The molecule has 2 heterocycles. The molecule has 2 aromatic carbocycles. The molecule has 5 rings (SSSR count). The number of alkyl halides is 3. The summed E-state index contributed by atoms with van der Waals surface area (Å²) in [6.45, 7) is 2.78. The molecule has 14 heteroatoms. The van der Waals surface area contributed by atoms with Crippen molar-refractivity contribution >= 4 is 24.1 Å². The molecule has 44 heavy (non-hydrogen) atoms. The number of aromatic nitrogens is 3. The molecule has 1 saturated carbocycles. The summed E-state index contributed by atoms with van der Waals surface area (Å²) in [5, 5.41) is 23.1. The van der Waals surface area contributed by atoms with E-state index in [0.29, 0.717) is 28.1 Å². The standard InChI is InChI=1S/C29H29F3N6O3.CH2O2/c1-17-24(26(39)41-4)25(23-11-10-19(14-33)12-20(23)16-38(2,3)15-18-8-9-18)37-27(34-35-28(37)40)36(17)22-7-5-6-21(13-22)29(30,31)32;2-1-3/h5-7,10-13,18,25H,8-9,15-16H2,1-4H3;1H,(H,2,3)/p+1/t25-;/m1./s1. The Kier molecular flexibility index (Phi) is 9.01. The van der Waals surface area contributed by atoms with Crippen molar-refractivity contribution in [3.63, 3.8) is 0 Å². The lowest BCUT2D eigenvalue weighted by atomic mass is 9.89. The molecular weight excluding hydrogens is 581 g/mol. The number of aromatic amines is 1. The molecule has 1 aliphatic heterocycles. The summed E-state index contributed by atoms with van der Waals surface area (Å²) in [6.07, 6.45) is -2.27. The van der Waals surface area contributed by atoms with Crippen molar-refractivity contribution in [2.45, 2.75) is 38.5 Å². The first-order valence-electron chi connectivity index (χ1n) is 13.6. The first-order chi connectivity index (χ1) is 20.8. The third kappa shape index (κ3) is 6.52. The zero-order valence-electron chi connectivity index (χ0n) is 24.6. The number of ether oxygens (including phenoxy) is 1. The largest absolute Gasteiger partial charge is 0.483 e. The predicted molar refractivity (Wildman–Crippen MR) is 153 cm³/mol. The maximum atomic E-state index is 13.6. The smallest absolute Gasteiger partial charge is 0.416 e. The maximum absolute atomic E-state index is 13.6. The lowest BCUT2D eigenvalue weighted by Gasteiger charge is -2.37. The molecule has 232 valence electrons. The number of fused-ring (bicyclic) bond motifs is 1. The van der Waals surface area contributed by atoms with Gasteiger partial charge >= 0.3 is 17.8 Å². The van der Waals surface area contributed by atoms with Gasteiger partial charge in [-0.3, -0.25) is 9.69 Å². The molecule has 0 unspecified atom stereocenters. The number of carbonyl (C=O) groups excluding carboxylic acids is 1. The van der Waals surface area contributed by atoms with Crippen LogP contribution in [-0.2, 0) is 27.0 Å². The van der Waals surface area contributed by atoms with Crippen molar-refractivity contribution in [3.05, 3.63) is 86.5 Å². The van der Waals surface area contributed by atoms with Gasteiger partial charge in [0.25, 0.3) is 6.47 Å². The van der Waals surface area contributed by atoms with E-state index in [0.717, 1.165) is 24.2 Å². The number of hydrogen-bond donors (Lipinski definition) is 2. The Morgan fingerprint density at radius 1 is 1.25 bits per heavy atom. The lowest BCUT2D eigenvalue weighted by molar-refractivity contribution is -0.905. The minimum Gasteiger partial charge on any atom is -0.483 e. The van der Waals surface area contributed by atoms with Crippen molar-refractivity contribution in [2.24, 2.45) is 5.92 Å². The normalized spacial score (nSPS) is 16.4. The van der Waals surface area contributed by atoms with Crippen LogP contribution in [0.2, 0.25) is 0 Å². The van der Waals surface area contributed by atoms with Crippen molar-refractivity contribution < 1.29 is 37.1 Å². The molecule has 0 radical (unpaired) electrons. The monoisotopic (exact) mass is 613 g/mol. The third-order valence-corrected chi connectivity index (χ3v) is 7.59. The zero-order chi connectivity index (χ0) is 32.4. The molecule has 2 aliphatic rings. The van der Waals surface area contributed by atoms with E-state index >= 15 is 0 Å². The number of H-pyrrole nitrogens is 1. The number of carboxylic acid groups (broad SMARTS) is 1. The van der Waals surface area contributed by atoms with Gasteiger partial charge in [-0.05, 0) is 55.7 Å². The number of nitriles is 1. The number of methoxy groups -OCH3 is 1. The number of allylic oxidation sites excluding steroid dienone is 1. The second-order valence-electron chi connectivity index (χ2n) is 11.3. The molecular formula is C30H32F3N6O5+. The van der Waals surface area contributed by atoms with E-state index in [1.54, 1.807) is 25.1 Å². The summed E-state index contributed by atoms with van der Waals surface area (Å²) in [6, 6.07) is 10.8. The molecule has 0 spiro atoms. The maximum Gasteiger partial charge on any atom is 0.416 e. The fourth-order valence-corrected chi connectivity index (χ4v) is 5.68. The Morgan fingerprint density at radius 2 is 1.93 bits per heavy atom. The molecule has 11 nitrogen and oxygen atoms in total. The number of esters is 1. The Bertz CT molecular complexity index is 1700. The molecule has 0 bridgehead atoms. The SMILES string of the molecule is COC(=O)C1=C(C)N(c2cccc(C(F)(F)F)c2)c2n[nH]c(=O)n2[C@@H]1c1ccc(C#N)cc1C[N+](C)(C)CC1CC1.O=CO. The van der Waals surface area contributed by atoms with Gasteiger partial charge in [0.1, 0.15) is 12.6 Å². The van der Waals surface area contributed by atoms with E-state index in [2.05, 4.69) is 30.4 Å². The van der Waals surface area contributed by atoms with E-state index in [1.807, 2.05) is 0 Å². The molecule has 1 aromatic heterocycles. The molecule has 0 amide bonds. The van der Waals surface area contributed by atoms with Gasteiger partial charge in [-0.25, -0.2) is 19.3 Å². The number of benzene rings is 2. The highest BCUT2D eigenvalue weighted by molar-refractivity contribution is 5.93. The predicted octanol–water partition coefficient (Wildman–Crippen LogP) is 4.34. The Morgan fingerprint density at radius 3 is 2.52 bits per heavy atom. The zero-order valence-corrected chi connectivity index (χ0v) is 24.6. The summed E-state index contributed by atoms with van der Waals surface area (Å²) < 4.78 is 47.8. The van der Waals surface area contributed by atoms with Crippen molar-refractivity contribution in [1.29, 1.82) is 5.26 Å². The van der Waals surface area contributed by atoms with Gasteiger partial charge < -0.3 is 14.3 Å². The van der Waals surface area contributed by atoms with Gasteiger partial charge in [-0.2, -0.15) is 18.4 Å². The molecule has 0 saturated heterocycles. The van der Waals surface area contributed by atoms with Gasteiger partial charge in [0.05, 0.1) is 50.5 Å². The average molecular weight is 614 g/mol. The van der Waals surface area contributed by atoms with Gasteiger partial charge in [0.15, 0.2) is 0 Å². The third-order valence-electron chi connectivity index (χ3n) is 7.59. The van der Waals surface area contributed by atoms with Crippen LogP contribution in [0.1, 0.15) is 48.1 Å². The summed E-state index contributed by atoms with van der Waals surface area (Å²) in [5.74, 6) is -0.101. The molecule has 1 aliphatic carbocycles. The van der Waals surface area contributed by atoms with E-state index < -0.39 is 29.4 Å². The molecule has 1 fully saturated rings. The van der Waals surface area contributed by atoms with E-state index in [9.17, 15) is 28.0 Å². The number of carbonyl (C=O) groups is 2. The summed E-state index contributed by atoms with van der Waals surface area (Å²) in [4.78, 5) is 36.4. The molecule has 3 aromatic rings. The van der Waals surface area contributed by atoms with Gasteiger partial charge in [0.2, 0.25) is 5.95 Å². The van der Waals surface area contributed by atoms with Crippen molar-refractivity contribution in [3.8, 4) is 6.07 Å². The van der Waals surface area contributed by atoms with Crippen LogP contribution >= 0.6 is 0 Å². The quantitative estimate of drug-likeness (QED) is 0.228. The van der Waals surface area contributed by atoms with Crippen LogP contribution in [0.3, 0.4) is 0 Å². The lowest BCUT2D eigenvalue weighted by Crippen LogP contribution is -2.42. The summed E-state index contributed by atoms with van der Waals surface area (Å²) >= 11 is 0. The number of hydrogen-bond acceptors (Lipinski definition) is 7. The van der Waals surface area contributed by atoms with Crippen LogP contribution in [0.5, 0.6) is 0 Å². The van der Waals surface area contributed by atoms with E-state index in [4.69, 9.17) is 14.6 Å². The number of nitrogens with zero attached hydrogens (tertiary/aromatic N) is 5. The Balaban J connectivity index is 0.00000141. The average Bonchev–Trinajstić information content (AvgIpc) is 3.69. The Hall–Kier alpha value is -4.90. The minimum absolute atomic E-state index is 0.0199. The Labute approximate surface area is 251 Å². The summed E-state index contributed by atoms with van der Waals surface area (Å²) in [5.41, 5.74) is 0.641. The fourth-order valence-electron chi connectivity index (χ4n) is 5.68. The first-order valence-corrected chi connectivity index (χ1v) is 13.6. The number of quaternary nitrogens is 1. The highest BCUT2D eigenvalue weighted by Gasteiger charge is 2.42. The topological polar surface area (TPSA) is 141 Å². The van der Waals surface area contributed by atoms with E-state index in [-0.39, 0.29) is 29.4 Å². The number of rotatable bonds is 7. The highest BCUT2D eigenvalue weighted by atomic mass is 19.4.